The predicted molar refractivity (Wildman–Crippen MR) is 127 cm³/mol. The van der Waals surface area contributed by atoms with Crippen molar-refractivity contribution in [3.05, 3.63) is 59.2 Å². The summed E-state index contributed by atoms with van der Waals surface area (Å²) >= 11 is 0. The first kappa shape index (κ1) is 28.7. The number of alkyl halides is 5. The molecule has 1 saturated heterocycles. The number of piperidine rings is 1. The zero-order valence-corrected chi connectivity index (χ0v) is 20.7. The first-order valence-electron chi connectivity index (χ1n) is 11.7. The van der Waals surface area contributed by atoms with Crippen molar-refractivity contribution in [3.8, 4) is 11.8 Å². The van der Waals surface area contributed by atoms with Crippen LogP contribution in [0.2, 0.25) is 0 Å². The van der Waals surface area contributed by atoms with E-state index in [4.69, 9.17) is 14.6 Å². The quantitative estimate of drug-likeness (QED) is 0.289. The van der Waals surface area contributed by atoms with E-state index in [0.717, 1.165) is 11.6 Å². The molecule has 0 atom stereocenters. The van der Waals surface area contributed by atoms with Gasteiger partial charge in [-0.2, -0.15) is 26.9 Å². The Morgan fingerprint density at radius 1 is 1.03 bits per heavy atom. The first-order valence-corrected chi connectivity index (χ1v) is 13.3. The van der Waals surface area contributed by atoms with E-state index in [0.29, 0.717) is 37.4 Å². The lowest BCUT2D eigenvalue weighted by Crippen LogP contribution is -2.33. The van der Waals surface area contributed by atoms with Crippen molar-refractivity contribution in [2.45, 2.75) is 50.1 Å². The van der Waals surface area contributed by atoms with Gasteiger partial charge in [-0.05, 0) is 61.1 Å². The number of hydrogen-bond donors (Lipinski definition) is 1. The number of benzene rings is 2. The Kier molecular flexibility index (Phi) is 9.02. The van der Waals surface area contributed by atoms with E-state index in [9.17, 15) is 30.4 Å². The van der Waals surface area contributed by atoms with Crippen LogP contribution in [0.1, 0.15) is 54.7 Å². The molecule has 1 fully saturated rings. The minimum Gasteiger partial charge on any atom is -0.493 e. The number of nitrogens with zero attached hydrogens (tertiary/aromatic N) is 2. The summed E-state index contributed by atoms with van der Waals surface area (Å²) in [4.78, 5) is 1.86. The van der Waals surface area contributed by atoms with Gasteiger partial charge in [0.2, 0.25) is 0 Å². The van der Waals surface area contributed by atoms with Crippen LogP contribution in [0.25, 0.3) is 0 Å². The van der Waals surface area contributed by atoms with Gasteiger partial charge in [-0.3, -0.25) is 4.55 Å². The summed E-state index contributed by atoms with van der Waals surface area (Å²) in [5.74, 6) is -3.24. The second-order valence-corrected chi connectivity index (χ2v) is 10.6. The van der Waals surface area contributed by atoms with Crippen LogP contribution in [0.15, 0.2) is 42.5 Å². The molecule has 6 nitrogen and oxygen atoms in total. The molecule has 0 unspecified atom stereocenters. The largest absolute Gasteiger partial charge is 0.493 e. The lowest BCUT2D eigenvalue weighted by atomic mass is 9.89. The van der Waals surface area contributed by atoms with Gasteiger partial charge in [0.15, 0.2) is 0 Å². The third-order valence-electron chi connectivity index (χ3n) is 6.32. The number of rotatable bonds is 10. The van der Waals surface area contributed by atoms with Crippen LogP contribution in [0, 0.1) is 11.3 Å². The summed E-state index contributed by atoms with van der Waals surface area (Å²) in [6.45, 7) is 0.818. The summed E-state index contributed by atoms with van der Waals surface area (Å²) in [5.41, 5.74) is 0.0806. The van der Waals surface area contributed by atoms with Crippen molar-refractivity contribution in [1.82, 2.24) is 0 Å². The molecule has 0 saturated carbocycles. The molecule has 0 aromatic heterocycles. The lowest BCUT2D eigenvalue weighted by molar-refractivity contribution is -0.137. The fourth-order valence-electron chi connectivity index (χ4n) is 4.32. The van der Waals surface area contributed by atoms with Crippen molar-refractivity contribution in [2.24, 2.45) is 0 Å². The molecule has 1 N–H and O–H groups in total. The maximum Gasteiger partial charge on any atom is 0.417 e. The monoisotopic (exact) mass is 546 g/mol. The number of hydrogen-bond acceptors (Lipinski definition) is 5. The zero-order chi connectivity index (χ0) is 27.3. The molecule has 1 aliphatic rings. The summed E-state index contributed by atoms with van der Waals surface area (Å²) in [7, 11) is -4.27. The highest BCUT2D eigenvalue weighted by molar-refractivity contribution is 7.85. The van der Waals surface area contributed by atoms with Gasteiger partial charge in [0, 0.05) is 31.6 Å². The average Bonchev–Trinajstić information content (AvgIpc) is 2.82. The van der Waals surface area contributed by atoms with Crippen molar-refractivity contribution in [3.63, 3.8) is 0 Å². The van der Waals surface area contributed by atoms with Crippen LogP contribution in [0.3, 0.4) is 0 Å². The molecule has 2 aromatic rings. The number of ether oxygens (including phenoxy) is 1. The maximum absolute atomic E-state index is 13.9. The topological polar surface area (TPSA) is 90.6 Å². The second kappa shape index (κ2) is 11.6. The molecule has 0 radical (unpaired) electrons. The van der Waals surface area contributed by atoms with Crippen molar-refractivity contribution in [2.75, 3.05) is 30.3 Å². The van der Waals surface area contributed by atoms with Gasteiger partial charge >= 0.3 is 6.18 Å². The summed E-state index contributed by atoms with van der Waals surface area (Å²) in [6.07, 6.45) is -4.82. The summed E-state index contributed by atoms with van der Waals surface area (Å²) in [5, 5.41) is 8.97. The molecular formula is C25H27F5N2O4S. The fraction of sp³-hybridized carbons (Fsp3) is 0.480. The Morgan fingerprint density at radius 3 is 2.24 bits per heavy atom. The zero-order valence-electron chi connectivity index (χ0n) is 19.8. The number of nitriles is 1. The third-order valence-corrected chi connectivity index (χ3v) is 7.13. The van der Waals surface area contributed by atoms with Gasteiger partial charge in [0.1, 0.15) is 5.75 Å². The van der Waals surface area contributed by atoms with E-state index >= 15 is 0 Å². The summed E-state index contributed by atoms with van der Waals surface area (Å²) in [6, 6.07) is 12.3. The minimum atomic E-state index is -4.61. The average molecular weight is 547 g/mol. The Bertz CT molecular complexity index is 1200. The molecule has 1 heterocycles. The van der Waals surface area contributed by atoms with Crippen molar-refractivity contribution < 1.29 is 39.7 Å². The van der Waals surface area contributed by atoms with Crippen molar-refractivity contribution >= 4 is 15.8 Å². The van der Waals surface area contributed by atoms with Gasteiger partial charge < -0.3 is 9.64 Å². The molecule has 2 aromatic carbocycles. The van der Waals surface area contributed by atoms with Crippen LogP contribution in [-0.2, 0) is 16.3 Å². The van der Waals surface area contributed by atoms with Crippen LogP contribution in [-0.4, -0.2) is 44.3 Å². The first-order chi connectivity index (χ1) is 17.3. The molecule has 37 heavy (non-hydrogen) atoms. The smallest absolute Gasteiger partial charge is 0.417 e. The predicted octanol–water partition coefficient (Wildman–Crippen LogP) is 6.03. The molecule has 202 valence electrons. The van der Waals surface area contributed by atoms with Gasteiger partial charge in [-0.1, -0.05) is 12.1 Å². The minimum absolute atomic E-state index is 0.179. The molecule has 0 spiro atoms. The van der Waals surface area contributed by atoms with Crippen LogP contribution >= 0.6 is 0 Å². The highest BCUT2D eigenvalue weighted by Crippen LogP contribution is 2.36. The van der Waals surface area contributed by atoms with E-state index in [-0.39, 0.29) is 18.9 Å². The van der Waals surface area contributed by atoms with E-state index < -0.39 is 51.9 Å². The third kappa shape index (κ3) is 8.57. The summed E-state index contributed by atoms with van der Waals surface area (Å²) < 4.78 is 103. The van der Waals surface area contributed by atoms with E-state index in [1.54, 1.807) is 18.2 Å². The maximum atomic E-state index is 13.9. The fourth-order valence-corrected chi connectivity index (χ4v) is 4.83. The second-order valence-electron chi connectivity index (χ2n) is 9.01. The van der Waals surface area contributed by atoms with Gasteiger partial charge in [0.05, 0.1) is 29.6 Å². The van der Waals surface area contributed by atoms with Crippen molar-refractivity contribution in [1.29, 1.82) is 5.26 Å². The van der Waals surface area contributed by atoms with Crippen LogP contribution < -0.4 is 9.64 Å². The van der Waals surface area contributed by atoms with E-state index in [1.165, 1.54) is 12.1 Å². The molecule has 3 rings (SSSR count). The Balaban J connectivity index is 1.49. The lowest BCUT2D eigenvalue weighted by Gasteiger charge is -2.34. The molecule has 12 heteroatoms. The van der Waals surface area contributed by atoms with Gasteiger partial charge in [-0.15, -0.1) is 0 Å². The molecule has 0 amide bonds. The Hall–Kier alpha value is -2.91. The van der Waals surface area contributed by atoms with E-state index in [2.05, 4.69) is 0 Å². The van der Waals surface area contributed by atoms with Crippen LogP contribution in [0.4, 0.5) is 27.6 Å². The van der Waals surface area contributed by atoms with Crippen LogP contribution in [0.5, 0.6) is 5.75 Å². The van der Waals surface area contributed by atoms with Gasteiger partial charge in [-0.25, -0.2) is 8.78 Å². The molecule has 1 aliphatic heterocycles. The SMILES string of the molecule is N#Cc1ccc(N2CCC(c3ccc(OCCC(F)(F)CCCS(=O)(=O)O)cc3)CC2)cc1C(F)(F)F. The van der Waals surface area contributed by atoms with Gasteiger partial charge in [0.25, 0.3) is 16.0 Å². The Labute approximate surface area is 212 Å². The normalized spacial score (nSPS) is 15.4. The number of anilines is 1. The van der Waals surface area contributed by atoms with E-state index in [1.807, 2.05) is 17.0 Å². The highest BCUT2D eigenvalue weighted by Gasteiger charge is 2.34. The molecular weight excluding hydrogens is 519 g/mol. The standard InChI is InChI=1S/C25H27F5N2O4S/c26-24(27,10-1-15-37(33,34)35)11-14-36-22-6-3-18(4-7-22)19-8-12-32(13-9-19)21-5-2-20(17-31)23(16-21)25(28,29)30/h2-7,16,19H,1,8-15H2,(H,33,34,35). The highest BCUT2D eigenvalue weighted by atomic mass is 32.2. The molecule has 0 aliphatic carbocycles. The molecule has 0 bridgehead atoms. The number of halogens is 5. The Morgan fingerprint density at radius 2 is 1.68 bits per heavy atom.